The van der Waals surface area contributed by atoms with Gasteiger partial charge in [-0.2, -0.15) is 0 Å². The van der Waals surface area contributed by atoms with E-state index in [1.54, 1.807) is 0 Å². The Morgan fingerprint density at radius 3 is 2.30 bits per heavy atom. The highest BCUT2D eigenvalue weighted by molar-refractivity contribution is 9.10. The van der Waals surface area contributed by atoms with E-state index >= 15 is 0 Å². The molecule has 4 nitrogen and oxygen atoms in total. The summed E-state index contributed by atoms with van der Waals surface area (Å²) in [5.74, 6) is 0.995. The Balaban J connectivity index is 1.59. The number of ether oxygens (including phenoxy) is 2. The van der Waals surface area contributed by atoms with Crippen molar-refractivity contribution >= 4 is 27.5 Å². The van der Waals surface area contributed by atoms with E-state index < -0.39 is 0 Å². The van der Waals surface area contributed by atoms with Crippen LogP contribution in [0.4, 0.5) is 5.69 Å². The van der Waals surface area contributed by atoms with Crippen LogP contribution in [0.3, 0.4) is 0 Å². The highest BCUT2D eigenvalue weighted by atomic mass is 79.9. The van der Waals surface area contributed by atoms with Gasteiger partial charge in [-0.25, -0.2) is 0 Å². The van der Waals surface area contributed by atoms with Gasteiger partial charge in [0.1, 0.15) is 18.1 Å². The lowest BCUT2D eigenvalue weighted by atomic mass is 9.87. The van der Waals surface area contributed by atoms with E-state index in [4.69, 9.17) is 9.47 Å². The van der Waals surface area contributed by atoms with Crippen LogP contribution in [0.25, 0.3) is 0 Å². The summed E-state index contributed by atoms with van der Waals surface area (Å²) in [4.78, 5) is 12.4. The van der Waals surface area contributed by atoms with Crippen LogP contribution < -0.4 is 14.8 Å². The predicted molar refractivity (Wildman–Crippen MR) is 124 cm³/mol. The maximum Gasteiger partial charge on any atom is 0.262 e. The number of hydrogen-bond acceptors (Lipinski definition) is 3. The van der Waals surface area contributed by atoms with Gasteiger partial charge in [-0.15, -0.1) is 0 Å². The van der Waals surface area contributed by atoms with Gasteiger partial charge in [-0.3, -0.25) is 4.79 Å². The van der Waals surface area contributed by atoms with Crippen LogP contribution in [0.15, 0.2) is 77.3 Å². The minimum absolute atomic E-state index is 0.0435. The molecule has 0 radical (unpaired) electrons. The molecule has 0 saturated heterocycles. The van der Waals surface area contributed by atoms with E-state index in [1.165, 1.54) is 5.56 Å². The van der Waals surface area contributed by atoms with Crippen molar-refractivity contribution in [1.82, 2.24) is 0 Å². The number of hydrogen-bond donors (Lipinski definition) is 1. The largest absolute Gasteiger partial charge is 0.487 e. The molecule has 0 bridgehead atoms. The molecule has 30 heavy (non-hydrogen) atoms. The Bertz CT molecular complexity index is 997. The first kappa shape index (κ1) is 21.9. The van der Waals surface area contributed by atoms with Crippen LogP contribution in [0.2, 0.25) is 0 Å². The number of anilines is 1. The average molecular weight is 468 g/mol. The Kier molecular flexibility index (Phi) is 7.16. The lowest BCUT2D eigenvalue weighted by Crippen LogP contribution is -2.21. The maximum absolute atomic E-state index is 12.4. The molecule has 156 valence electrons. The van der Waals surface area contributed by atoms with Gasteiger partial charge in [-0.05, 0) is 56.7 Å². The minimum Gasteiger partial charge on any atom is -0.487 e. The number of benzene rings is 3. The molecule has 0 aliphatic carbocycles. The van der Waals surface area contributed by atoms with Crippen molar-refractivity contribution < 1.29 is 14.3 Å². The van der Waals surface area contributed by atoms with Gasteiger partial charge in [0.05, 0.1) is 10.2 Å². The van der Waals surface area contributed by atoms with Crippen LogP contribution in [0.5, 0.6) is 11.5 Å². The summed E-state index contributed by atoms with van der Waals surface area (Å²) in [6.45, 7) is 6.79. The normalized spacial score (nSPS) is 11.1. The summed E-state index contributed by atoms with van der Waals surface area (Å²) < 4.78 is 12.4. The molecule has 0 heterocycles. The molecule has 3 rings (SSSR count). The lowest BCUT2D eigenvalue weighted by molar-refractivity contribution is -0.118. The molecule has 3 aromatic carbocycles. The molecule has 0 unspecified atom stereocenters. The summed E-state index contributed by atoms with van der Waals surface area (Å²) in [6.07, 6.45) is 0. The molecule has 0 saturated carbocycles. The molecule has 0 fully saturated rings. The molecular weight excluding hydrogens is 442 g/mol. The van der Waals surface area contributed by atoms with E-state index in [0.717, 1.165) is 10.0 Å². The van der Waals surface area contributed by atoms with Crippen molar-refractivity contribution in [2.75, 3.05) is 11.9 Å². The quantitative estimate of drug-likeness (QED) is 0.440. The SMILES string of the molecule is CC(C)(C)c1ccc(OCC(=O)Nc2ccccc2OCc2ccccc2)c(Br)c1. The number of carbonyl (C=O) groups excluding carboxylic acids is 1. The van der Waals surface area contributed by atoms with Crippen molar-refractivity contribution in [3.05, 3.63) is 88.4 Å². The van der Waals surface area contributed by atoms with E-state index in [-0.39, 0.29) is 17.9 Å². The lowest BCUT2D eigenvalue weighted by Gasteiger charge is -2.20. The van der Waals surface area contributed by atoms with Gasteiger partial charge >= 0.3 is 0 Å². The average Bonchev–Trinajstić information content (AvgIpc) is 2.72. The summed E-state index contributed by atoms with van der Waals surface area (Å²) in [5.41, 5.74) is 2.91. The smallest absolute Gasteiger partial charge is 0.262 e. The van der Waals surface area contributed by atoms with Crippen molar-refractivity contribution in [2.24, 2.45) is 0 Å². The highest BCUT2D eigenvalue weighted by Gasteiger charge is 2.16. The Labute approximate surface area is 186 Å². The van der Waals surface area contributed by atoms with Crippen LogP contribution in [-0.2, 0) is 16.8 Å². The monoisotopic (exact) mass is 467 g/mol. The topological polar surface area (TPSA) is 47.6 Å². The van der Waals surface area contributed by atoms with Gasteiger partial charge in [0.15, 0.2) is 6.61 Å². The molecule has 0 aromatic heterocycles. The van der Waals surface area contributed by atoms with E-state index in [0.29, 0.717) is 23.8 Å². The highest BCUT2D eigenvalue weighted by Crippen LogP contribution is 2.31. The molecule has 3 aromatic rings. The maximum atomic E-state index is 12.4. The summed E-state index contributed by atoms with van der Waals surface area (Å²) in [5, 5.41) is 2.87. The van der Waals surface area contributed by atoms with E-state index in [9.17, 15) is 4.79 Å². The first-order valence-electron chi connectivity index (χ1n) is 9.81. The Morgan fingerprint density at radius 2 is 1.60 bits per heavy atom. The van der Waals surface area contributed by atoms with Crippen molar-refractivity contribution in [3.8, 4) is 11.5 Å². The number of carbonyl (C=O) groups is 1. The van der Waals surface area contributed by atoms with Crippen molar-refractivity contribution in [2.45, 2.75) is 32.8 Å². The van der Waals surface area contributed by atoms with E-state index in [1.807, 2.05) is 72.8 Å². The third kappa shape index (κ3) is 6.10. The van der Waals surface area contributed by atoms with Crippen LogP contribution in [0.1, 0.15) is 31.9 Å². The van der Waals surface area contributed by atoms with Gasteiger partial charge < -0.3 is 14.8 Å². The Morgan fingerprint density at radius 1 is 0.900 bits per heavy atom. The molecule has 0 aliphatic rings. The fourth-order valence-electron chi connectivity index (χ4n) is 2.85. The predicted octanol–water partition coefficient (Wildman–Crippen LogP) is 6.34. The van der Waals surface area contributed by atoms with Gasteiger partial charge in [0.25, 0.3) is 5.91 Å². The fraction of sp³-hybridized carbons (Fsp3) is 0.240. The van der Waals surface area contributed by atoms with Crippen molar-refractivity contribution in [3.63, 3.8) is 0 Å². The van der Waals surface area contributed by atoms with Crippen LogP contribution >= 0.6 is 15.9 Å². The number of nitrogens with one attached hydrogen (secondary N) is 1. The summed E-state index contributed by atoms with van der Waals surface area (Å²) in [6, 6.07) is 23.2. The second-order valence-electron chi connectivity index (χ2n) is 8.00. The molecule has 0 aliphatic heterocycles. The summed E-state index contributed by atoms with van der Waals surface area (Å²) >= 11 is 3.53. The molecule has 1 amide bonds. The number of halogens is 1. The number of amides is 1. The first-order chi connectivity index (χ1) is 14.3. The molecular formula is C25H26BrNO3. The van der Waals surface area contributed by atoms with Crippen molar-refractivity contribution in [1.29, 1.82) is 0 Å². The zero-order valence-corrected chi connectivity index (χ0v) is 19.0. The van der Waals surface area contributed by atoms with Gasteiger partial charge in [-0.1, -0.05) is 69.3 Å². The summed E-state index contributed by atoms with van der Waals surface area (Å²) in [7, 11) is 0. The minimum atomic E-state index is -0.252. The second kappa shape index (κ2) is 9.81. The molecule has 0 spiro atoms. The second-order valence-corrected chi connectivity index (χ2v) is 8.86. The fourth-order valence-corrected chi connectivity index (χ4v) is 3.34. The zero-order valence-electron chi connectivity index (χ0n) is 17.4. The van der Waals surface area contributed by atoms with Crippen LogP contribution in [-0.4, -0.2) is 12.5 Å². The number of para-hydroxylation sites is 2. The Hall–Kier alpha value is -2.79. The number of rotatable bonds is 7. The molecule has 5 heteroatoms. The van der Waals surface area contributed by atoms with E-state index in [2.05, 4.69) is 42.0 Å². The standard InChI is InChI=1S/C25H26BrNO3/c1-25(2,3)19-13-14-22(20(26)15-19)30-17-24(28)27-21-11-7-8-12-23(21)29-16-18-9-5-4-6-10-18/h4-15H,16-17H2,1-3H3,(H,27,28). The first-order valence-corrected chi connectivity index (χ1v) is 10.6. The molecule has 1 N–H and O–H groups in total. The van der Waals surface area contributed by atoms with Gasteiger partial charge in [0, 0.05) is 0 Å². The third-order valence-electron chi connectivity index (χ3n) is 4.55. The molecule has 0 atom stereocenters. The third-order valence-corrected chi connectivity index (χ3v) is 5.17. The van der Waals surface area contributed by atoms with Crippen LogP contribution in [0, 0.1) is 0 Å². The zero-order chi connectivity index (χ0) is 21.6. The van der Waals surface area contributed by atoms with Gasteiger partial charge in [0.2, 0.25) is 0 Å².